The fourth-order valence-corrected chi connectivity index (χ4v) is 4.17. The van der Waals surface area contributed by atoms with Crippen molar-refractivity contribution in [1.29, 1.82) is 0 Å². The number of esters is 1. The molecule has 0 aliphatic rings. The van der Waals surface area contributed by atoms with Gasteiger partial charge in [0, 0.05) is 0 Å². The zero-order valence-electron chi connectivity index (χ0n) is 16.1. The summed E-state index contributed by atoms with van der Waals surface area (Å²) in [5.74, 6) is -0.659. The fourth-order valence-electron chi connectivity index (χ4n) is 2.51. The van der Waals surface area contributed by atoms with Crippen LogP contribution in [-0.4, -0.2) is 26.6 Å². The third kappa shape index (κ3) is 7.44. The lowest BCUT2D eigenvalue weighted by Crippen LogP contribution is -2.27. The second-order valence-corrected chi connectivity index (χ2v) is 9.94. The van der Waals surface area contributed by atoms with Crippen LogP contribution in [0.5, 0.6) is 0 Å². The third-order valence-electron chi connectivity index (χ3n) is 3.75. The highest BCUT2D eigenvalue weighted by atomic mass is 32.2. The highest BCUT2D eigenvalue weighted by Crippen LogP contribution is 2.21. The maximum atomic E-state index is 12.4. The van der Waals surface area contributed by atoms with E-state index in [4.69, 9.17) is 8.92 Å². The predicted molar refractivity (Wildman–Crippen MR) is 106 cm³/mol. The van der Waals surface area contributed by atoms with Crippen molar-refractivity contribution < 1.29 is 22.1 Å². The Hall–Kier alpha value is -1.70. The molecule has 1 atom stereocenters. The summed E-state index contributed by atoms with van der Waals surface area (Å²) in [5, 5.41) is 3.93. The lowest BCUT2D eigenvalue weighted by molar-refractivity contribution is -0.156. The Morgan fingerprint density at radius 3 is 2.37 bits per heavy atom. The van der Waals surface area contributed by atoms with E-state index in [1.165, 1.54) is 12.1 Å². The number of aryl methyl sites for hydroxylation is 1. The fraction of sp³-hybridized carbons (Fsp3) is 0.450. The molecule has 1 heterocycles. The van der Waals surface area contributed by atoms with Gasteiger partial charge in [0.2, 0.25) is 0 Å². The van der Waals surface area contributed by atoms with Crippen molar-refractivity contribution in [1.82, 2.24) is 0 Å². The van der Waals surface area contributed by atoms with Crippen molar-refractivity contribution in [2.24, 2.45) is 5.92 Å². The average molecular weight is 411 g/mol. The minimum atomic E-state index is -3.87. The van der Waals surface area contributed by atoms with Gasteiger partial charge in [0.25, 0.3) is 10.1 Å². The minimum Gasteiger partial charge on any atom is -0.460 e. The summed E-state index contributed by atoms with van der Waals surface area (Å²) in [6, 6.07) is 8.44. The van der Waals surface area contributed by atoms with E-state index >= 15 is 0 Å². The Morgan fingerprint density at radius 1 is 1.15 bits per heavy atom. The van der Waals surface area contributed by atoms with E-state index in [9.17, 15) is 13.2 Å². The van der Waals surface area contributed by atoms with E-state index in [0.29, 0.717) is 6.42 Å². The van der Waals surface area contributed by atoms with Crippen LogP contribution in [0, 0.1) is 12.8 Å². The molecule has 5 nitrogen and oxygen atoms in total. The van der Waals surface area contributed by atoms with Gasteiger partial charge in [0.1, 0.15) is 5.60 Å². The Labute approximate surface area is 165 Å². The van der Waals surface area contributed by atoms with Crippen LogP contribution in [0.3, 0.4) is 0 Å². The molecule has 0 saturated heterocycles. The van der Waals surface area contributed by atoms with Gasteiger partial charge in [0.15, 0.2) is 0 Å². The maximum absolute atomic E-state index is 12.4. The molecule has 0 aliphatic carbocycles. The number of hydrogen-bond donors (Lipinski definition) is 0. The minimum absolute atomic E-state index is 0.0781. The van der Waals surface area contributed by atoms with Gasteiger partial charge in [-0.1, -0.05) is 17.7 Å². The first-order valence-electron chi connectivity index (χ1n) is 8.74. The van der Waals surface area contributed by atoms with Crippen LogP contribution in [-0.2, 0) is 30.3 Å². The summed E-state index contributed by atoms with van der Waals surface area (Å²) < 4.78 is 35.5. The quantitative estimate of drug-likeness (QED) is 0.478. The van der Waals surface area contributed by atoms with Gasteiger partial charge in [-0.2, -0.15) is 19.8 Å². The number of carbonyl (C=O) groups is 1. The smallest absolute Gasteiger partial charge is 0.306 e. The number of thiophene rings is 1. The summed E-state index contributed by atoms with van der Waals surface area (Å²) in [6.45, 7) is 7.21. The molecular weight excluding hydrogens is 384 g/mol. The van der Waals surface area contributed by atoms with Crippen LogP contribution in [0.15, 0.2) is 46.0 Å². The molecule has 0 spiro atoms. The Kier molecular flexibility index (Phi) is 7.19. The highest BCUT2D eigenvalue weighted by molar-refractivity contribution is 7.86. The van der Waals surface area contributed by atoms with Crippen LogP contribution >= 0.6 is 11.3 Å². The molecular formula is C20H26O5S2. The lowest BCUT2D eigenvalue weighted by Gasteiger charge is -2.22. The average Bonchev–Trinajstić information content (AvgIpc) is 3.04. The van der Waals surface area contributed by atoms with E-state index in [2.05, 4.69) is 0 Å². The molecule has 0 aliphatic heterocycles. The molecule has 148 valence electrons. The second-order valence-electron chi connectivity index (χ2n) is 7.54. The molecule has 1 unspecified atom stereocenters. The molecule has 2 rings (SSSR count). The van der Waals surface area contributed by atoms with Gasteiger partial charge < -0.3 is 4.74 Å². The largest absolute Gasteiger partial charge is 0.460 e. The Morgan fingerprint density at radius 2 is 1.81 bits per heavy atom. The zero-order valence-corrected chi connectivity index (χ0v) is 17.7. The first kappa shape index (κ1) is 21.6. The summed E-state index contributed by atoms with van der Waals surface area (Å²) in [4.78, 5) is 12.3. The van der Waals surface area contributed by atoms with Gasteiger partial charge in [-0.25, -0.2) is 0 Å². The van der Waals surface area contributed by atoms with Crippen LogP contribution in [0.2, 0.25) is 0 Å². The molecule has 0 bridgehead atoms. The summed E-state index contributed by atoms with van der Waals surface area (Å²) >= 11 is 1.56. The Bertz CT molecular complexity index is 831. The maximum Gasteiger partial charge on any atom is 0.306 e. The molecule has 0 saturated carbocycles. The van der Waals surface area contributed by atoms with E-state index in [1.807, 2.05) is 23.8 Å². The van der Waals surface area contributed by atoms with Gasteiger partial charge in [-0.15, -0.1) is 0 Å². The number of carbonyl (C=O) groups excluding carboxylic acids is 1. The van der Waals surface area contributed by atoms with Crippen molar-refractivity contribution in [3.63, 3.8) is 0 Å². The molecule has 0 amide bonds. The number of benzene rings is 1. The first-order chi connectivity index (χ1) is 12.5. The van der Waals surface area contributed by atoms with Crippen molar-refractivity contribution >= 4 is 27.4 Å². The van der Waals surface area contributed by atoms with E-state index in [0.717, 1.165) is 11.1 Å². The van der Waals surface area contributed by atoms with Gasteiger partial charge >= 0.3 is 5.97 Å². The molecule has 0 N–H and O–H groups in total. The summed E-state index contributed by atoms with van der Waals surface area (Å²) in [6.07, 6.45) is 0.642. The number of hydrogen-bond acceptors (Lipinski definition) is 6. The molecule has 1 aromatic carbocycles. The van der Waals surface area contributed by atoms with Crippen LogP contribution in [0.1, 0.15) is 38.3 Å². The number of ether oxygens (including phenoxy) is 1. The SMILES string of the molecule is Cc1ccc(S(=O)(=O)OCC(CC(=O)OC(C)(C)C)Cc2ccsc2)cc1. The van der Waals surface area contributed by atoms with Crippen molar-refractivity contribution in [3.05, 3.63) is 52.2 Å². The highest BCUT2D eigenvalue weighted by Gasteiger charge is 2.24. The molecule has 0 radical (unpaired) electrons. The lowest BCUT2D eigenvalue weighted by atomic mass is 9.99. The van der Waals surface area contributed by atoms with Crippen LogP contribution < -0.4 is 0 Å². The molecule has 27 heavy (non-hydrogen) atoms. The summed E-state index contributed by atoms with van der Waals surface area (Å²) in [7, 11) is -3.87. The van der Waals surface area contributed by atoms with Gasteiger partial charge in [-0.05, 0) is 74.6 Å². The number of rotatable bonds is 8. The van der Waals surface area contributed by atoms with E-state index in [-0.39, 0.29) is 29.8 Å². The standard InChI is InChI=1S/C20H26O5S2/c1-15-5-7-18(8-6-15)27(22,23)24-13-17(11-16-9-10-26-14-16)12-19(21)25-20(2,3)4/h5-10,14,17H,11-13H2,1-4H3. The van der Waals surface area contributed by atoms with Crippen molar-refractivity contribution in [2.45, 2.75) is 51.0 Å². The van der Waals surface area contributed by atoms with Crippen molar-refractivity contribution in [2.75, 3.05) is 6.61 Å². The topological polar surface area (TPSA) is 69.7 Å². The van der Waals surface area contributed by atoms with Crippen molar-refractivity contribution in [3.8, 4) is 0 Å². The monoisotopic (exact) mass is 410 g/mol. The molecule has 0 fully saturated rings. The molecule has 2 aromatic rings. The van der Waals surface area contributed by atoms with Crippen LogP contribution in [0.25, 0.3) is 0 Å². The van der Waals surface area contributed by atoms with Gasteiger partial charge in [0.05, 0.1) is 17.9 Å². The van der Waals surface area contributed by atoms with Gasteiger partial charge in [-0.3, -0.25) is 8.98 Å². The second kappa shape index (κ2) is 8.99. The first-order valence-corrected chi connectivity index (χ1v) is 11.1. The van der Waals surface area contributed by atoms with E-state index < -0.39 is 15.7 Å². The molecule has 7 heteroatoms. The zero-order chi connectivity index (χ0) is 20.1. The van der Waals surface area contributed by atoms with E-state index in [1.54, 1.807) is 44.2 Å². The third-order valence-corrected chi connectivity index (χ3v) is 5.78. The molecule has 1 aromatic heterocycles. The Balaban J connectivity index is 2.06. The van der Waals surface area contributed by atoms with Crippen LogP contribution in [0.4, 0.5) is 0 Å². The predicted octanol–water partition coefficient (Wildman–Crippen LogP) is 4.35. The normalized spacial score (nSPS) is 13.3. The summed E-state index contributed by atoms with van der Waals surface area (Å²) in [5.41, 5.74) is 1.43.